The molecular formula is C38H47ClN5O7S-. The summed E-state index contributed by atoms with van der Waals surface area (Å²) in [5.41, 5.74) is 3.37. The number of hydrogen-bond donors (Lipinski definition) is 2. The fourth-order valence-electron chi connectivity index (χ4n) is 7.31. The summed E-state index contributed by atoms with van der Waals surface area (Å²) in [6, 6.07) is 11.2. The van der Waals surface area contributed by atoms with E-state index in [1.165, 1.54) is 30.5 Å². The Labute approximate surface area is 311 Å². The van der Waals surface area contributed by atoms with Gasteiger partial charge in [-0.05, 0) is 91.3 Å². The van der Waals surface area contributed by atoms with Crippen molar-refractivity contribution in [2.24, 2.45) is 29.2 Å². The number of anilines is 1. The molecule has 280 valence electrons. The number of aromatic nitrogens is 2. The Bertz CT molecular complexity index is 1930. The van der Waals surface area contributed by atoms with E-state index in [2.05, 4.69) is 25.7 Å². The molecule has 2 bridgehead atoms. The van der Waals surface area contributed by atoms with Crippen molar-refractivity contribution in [2.75, 3.05) is 32.3 Å². The second-order valence-corrected chi connectivity index (χ2v) is 16.0. The van der Waals surface area contributed by atoms with Gasteiger partial charge in [-0.3, -0.25) is 14.3 Å². The molecule has 3 heterocycles. The molecule has 6 rings (SSSR count). The standard InChI is InChI=1S/C38H47ClN5O7S/c1-23-32(45)14-16-33(49-4)29-13-10-27(29)21-44-20-26-9-12-28(39)18-24(26)8-6-7-17-51-34-15-11-25(19-31(34)44)35(46)42-52(48)38(23,2)40-36(47)30-22-43(3)41-37(30)50-5/h9,11-12,14-16,18-19,22-23,27,29,32-33,45H,6-8,10,13,17,20-21H2,1-5H3,(H,40,47)/q-1/b16-14+/t23-,27-,29+,32-,33-,38+/m0/s1. The van der Waals surface area contributed by atoms with Crippen LogP contribution in [0, 0.1) is 17.8 Å². The number of fused-ring (bicyclic) bond motifs is 3. The molecule has 1 saturated carbocycles. The first-order chi connectivity index (χ1) is 24.9. The lowest BCUT2D eigenvalue weighted by Gasteiger charge is -2.44. The lowest BCUT2D eigenvalue weighted by molar-refractivity contribution is 0.0124. The smallest absolute Gasteiger partial charge is 0.257 e. The monoisotopic (exact) mass is 752 g/mol. The van der Waals surface area contributed by atoms with Crippen LogP contribution < -0.4 is 19.7 Å². The topological polar surface area (TPSA) is 145 Å². The van der Waals surface area contributed by atoms with E-state index in [-0.39, 0.29) is 34.9 Å². The average molecular weight is 753 g/mol. The van der Waals surface area contributed by atoms with Gasteiger partial charge in [-0.1, -0.05) is 43.7 Å². The number of aryl methyl sites for hydroxylation is 2. The third kappa shape index (κ3) is 7.87. The predicted octanol–water partition coefficient (Wildman–Crippen LogP) is 5.85. The largest absolute Gasteiger partial charge is 0.491 e. The minimum absolute atomic E-state index is 0.0715. The Morgan fingerprint density at radius 1 is 1.13 bits per heavy atom. The van der Waals surface area contributed by atoms with Gasteiger partial charge in [-0.25, -0.2) is 0 Å². The normalized spacial score (nSPS) is 27.8. The first-order valence-corrected chi connectivity index (χ1v) is 19.2. The Balaban J connectivity index is 1.47. The van der Waals surface area contributed by atoms with Crippen LogP contribution in [0.15, 0.2) is 59.1 Å². The highest BCUT2D eigenvalue weighted by Gasteiger charge is 2.39. The van der Waals surface area contributed by atoms with Crippen molar-refractivity contribution in [2.45, 2.75) is 69.6 Å². The molecule has 14 heteroatoms. The molecule has 3 aliphatic rings. The Kier molecular flexibility index (Phi) is 11.6. The van der Waals surface area contributed by atoms with E-state index in [1.807, 2.05) is 18.2 Å². The summed E-state index contributed by atoms with van der Waals surface area (Å²) in [5.74, 6) is -1.14. The van der Waals surface area contributed by atoms with Gasteiger partial charge < -0.3 is 38.1 Å². The quantitative estimate of drug-likeness (QED) is 0.248. The summed E-state index contributed by atoms with van der Waals surface area (Å²) in [7, 11) is 2.32. The summed E-state index contributed by atoms with van der Waals surface area (Å²) in [6.45, 7) is 4.89. The molecule has 2 N–H and O–H groups in total. The Morgan fingerprint density at radius 3 is 2.67 bits per heavy atom. The second-order valence-electron chi connectivity index (χ2n) is 14.1. The van der Waals surface area contributed by atoms with Crippen molar-refractivity contribution in [3.8, 4) is 11.6 Å². The number of nitrogens with zero attached hydrogens (tertiary/aromatic N) is 4. The van der Waals surface area contributed by atoms with Gasteiger partial charge in [0.25, 0.3) is 11.8 Å². The lowest BCUT2D eigenvalue weighted by Crippen LogP contribution is -2.54. The van der Waals surface area contributed by atoms with Crippen molar-refractivity contribution in [3.63, 3.8) is 0 Å². The SMILES string of the molecule is COc1nn(C)cc1C(=O)N[C@@]1(C)[C@@H](C)[C@@H](O)/C=C/[C@H](OC)[C@@H]2CC[C@H]2CN2Cc3ccc(Cl)cc3CCCCOc3ccc(cc32)C(=O)N=[S-]1=O. The van der Waals surface area contributed by atoms with Gasteiger partial charge in [0.05, 0.1) is 31.6 Å². The van der Waals surface area contributed by atoms with Gasteiger partial charge in [0.1, 0.15) is 11.3 Å². The minimum atomic E-state index is -2.37. The average Bonchev–Trinajstić information content (AvgIpc) is 3.50. The van der Waals surface area contributed by atoms with Crippen LogP contribution in [0.4, 0.5) is 5.69 Å². The molecule has 3 aromatic rings. The van der Waals surface area contributed by atoms with Crippen molar-refractivity contribution in [3.05, 3.63) is 82.0 Å². The van der Waals surface area contributed by atoms with Gasteiger partial charge in [0.15, 0.2) is 0 Å². The van der Waals surface area contributed by atoms with Crippen LogP contribution in [0.1, 0.15) is 71.4 Å². The maximum absolute atomic E-state index is 14.3. The number of aliphatic hydroxyl groups excluding tert-OH is 1. The maximum atomic E-state index is 14.3. The number of benzene rings is 2. The number of aliphatic hydroxyl groups is 1. The van der Waals surface area contributed by atoms with E-state index in [1.54, 1.807) is 45.4 Å². The first-order valence-electron chi connectivity index (χ1n) is 17.7. The molecule has 2 amide bonds. The molecule has 12 nitrogen and oxygen atoms in total. The maximum Gasteiger partial charge on any atom is 0.257 e. The van der Waals surface area contributed by atoms with Gasteiger partial charge >= 0.3 is 0 Å². The molecule has 2 aliphatic heterocycles. The van der Waals surface area contributed by atoms with Crippen LogP contribution in [0.3, 0.4) is 0 Å². The van der Waals surface area contributed by atoms with Crippen molar-refractivity contribution in [1.82, 2.24) is 15.1 Å². The van der Waals surface area contributed by atoms with E-state index < -0.39 is 39.3 Å². The summed E-state index contributed by atoms with van der Waals surface area (Å²) in [4.78, 5) is 28.2. The van der Waals surface area contributed by atoms with Crippen LogP contribution in [-0.4, -0.2) is 71.2 Å². The minimum Gasteiger partial charge on any atom is -0.491 e. The number of carbonyl (C=O) groups is 2. The predicted molar refractivity (Wildman–Crippen MR) is 199 cm³/mol. The second kappa shape index (κ2) is 16.0. The zero-order valence-electron chi connectivity index (χ0n) is 30.2. The van der Waals surface area contributed by atoms with Crippen LogP contribution in [0.25, 0.3) is 0 Å². The van der Waals surface area contributed by atoms with E-state index in [0.29, 0.717) is 30.5 Å². The highest BCUT2D eigenvalue weighted by Crippen LogP contribution is 2.42. The summed E-state index contributed by atoms with van der Waals surface area (Å²) >= 11 is 6.45. The Morgan fingerprint density at radius 2 is 1.94 bits per heavy atom. The molecule has 0 spiro atoms. The molecule has 0 saturated heterocycles. The van der Waals surface area contributed by atoms with Gasteiger partial charge in [-0.15, -0.1) is 5.10 Å². The highest BCUT2D eigenvalue weighted by atomic mass is 35.5. The van der Waals surface area contributed by atoms with Crippen molar-refractivity contribution < 1.29 is 33.1 Å². The number of rotatable bonds is 4. The number of amides is 2. The molecule has 1 aromatic heterocycles. The first kappa shape index (κ1) is 37.8. The fourth-order valence-corrected chi connectivity index (χ4v) is 8.59. The van der Waals surface area contributed by atoms with Crippen LogP contribution >= 0.6 is 11.6 Å². The summed E-state index contributed by atoms with van der Waals surface area (Å²) < 4.78 is 37.5. The van der Waals surface area contributed by atoms with E-state index >= 15 is 0 Å². The molecule has 0 unspecified atom stereocenters. The summed E-state index contributed by atoms with van der Waals surface area (Å²) in [5, 5.41) is 19.2. The van der Waals surface area contributed by atoms with Gasteiger partial charge in [0, 0.05) is 48.9 Å². The number of nitrogens with one attached hydrogen (secondary N) is 1. The molecule has 2 aromatic carbocycles. The third-order valence-electron chi connectivity index (χ3n) is 10.8. The molecular weight excluding hydrogens is 706 g/mol. The molecule has 1 fully saturated rings. The highest BCUT2D eigenvalue weighted by molar-refractivity contribution is 7.76. The molecule has 52 heavy (non-hydrogen) atoms. The van der Waals surface area contributed by atoms with Gasteiger partial charge in [0.2, 0.25) is 5.88 Å². The molecule has 0 radical (unpaired) electrons. The van der Waals surface area contributed by atoms with Crippen LogP contribution in [0.5, 0.6) is 11.6 Å². The molecule has 6 atom stereocenters. The number of methoxy groups -OCH3 is 2. The van der Waals surface area contributed by atoms with E-state index in [9.17, 15) is 18.9 Å². The number of halogens is 1. The summed E-state index contributed by atoms with van der Waals surface area (Å²) in [6.07, 6.45) is 8.01. The van der Waals surface area contributed by atoms with Crippen molar-refractivity contribution in [1.29, 1.82) is 0 Å². The Hall–Kier alpha value is -3.91. The zero-order valence-corrected chi connectivity index (χ0v) is 31.8. The lowest BCUT2D eigenvalue weighted by atomic mass is 9.70. The van der Waals surface area contributed by atoms with Crippen molar-refractivity contribution >= 4 is 39.7 Å². The molecule has 1 aliphatic carbocycles. The third-order valence-corrected chi connectivity index (χ3v) is 12.6. The number of ether oxygens (including phenoxy) is 3. The number of hydrogen-bond acceptors (Lipinski definition) is 10. The zero-order chi connectivity index (χ0) is 37.2. The number of carbonyl (C=O) groups excluding carboxylic acids is 2. The van der Waals surface area contributed by atoms with Crippen LogP contribution in [0.2, 0.25) is 5.02 Å². The fraction of sp³-hybridized carbons (Fsp3) is 0.500. The van der Waals surface area contributed by atoms with E-state index in [0.717, 1.165) is 43.4 Å². The van der Waals surface area contributed by atoms with Gasteiger partial charge in [-0.2, -0.15) is 10.6 Å². The van der Waals surface area contributed by atoms with Crippen LogP contribution in [-0.2, 0) is 39.6 Å². The van der Waals surface area contributed by atoms with E-state index in [4.69, 9.17) is 25.8 Å².